The van der Waals surface area contributed by atoms with Crippen LogP contribution in [-0.4, -0.2) is 19.1 Å². The van der Waals surface area contributed by atoms with Crippen molar-refractivity contribution in [2.45, 2.75) is 6.18 Å². The van der Waals surface area contributed by atoms with Crippen LogP contribution in [0.2, 0.25) is 0 Å². The molecule has 0 unspecified atom stereocenters. The summed E-state index contributed by atoms with van der Waals surface area (Å²) < 4.78 is 50.1. The van der Waals surface area contributed by atoms with Crippen LogP contribution in [0.25, 0.3) is 121 Å². The topological polar surface area (TPSA) is 44.4 Å². The maximum absolute atomic E-state index is 15.4. The maximum atomic E-state index is 15.4. The number of halogens is 3. The number of fused-ring (bicyclic) bond motifs is 6. The van der Waals surface area contributed by atoms with Crippen LogP contribution < -0.4 is 0 Å². The van der Waals surface area contributed by atoms with Crippen LogP contribution in [0.4, 0.5) is 24.5 Å². The smallest absolute Gasteiger partial charge is 0.319 e. The van der Waals surface area contributed by atoms with Gasteiger partial charge < -0.3 is 9.13 Å². The van der Waals surface area contributed by atoms with Gasteiger partial charge in [0.2, 0.25) is 5.69 Å². The number of para-hydroxylation sites is 2. The molecule has 0 atom stereocenters. The monoisotopic (exact) mass is 908 g/mol. The molecular weight excluding hydrogens is 874 g/mol. The standard InChI is InChI=1S/C61H35F3N6/c1-65-50-21-13-20-49(61(62,63)64)58(50)48-28-29-55(69-53-22-11-9-18-44(53)46-26-24-40(36-56(46)69)42-30-32-67-51(34-42)38-14-5-3-6-15-38)59(66-2)60(48)70-54-23-12-10-19-45(54)47-27-25-41(37-57(47)70)43-31-33-68-52(35-43)39-16-7-4-8-17-39/h3-37H. The Hall–Kier alpha value is -9.57. The van der Waals surface area contributed by atoms with Gasteiger partial charge in [0.05, 0.1) is 63.5 Å². The summed E-state index contributed by atoms with van der Waals surface area (Å²) in [6.07, 6.45) is -1.26. The highest BCUT2D eigenvalue weighted by molar-refractivity contribution is 6.14. The van der Waals surface area contributed by atoms with E-state index in [4.69, 9.17) is 13.1 Å². The Bertz CT molecular complexity index is 4140. The average Bonchev–Trinajstić information content (AvgIpc) is 3.92. The van der Waals surface area contributed by atoms with Crippen LogP contribution in [0.5, 0.6) is 0 Å². The number of pyridine rings is 2. The van der Waals surface area contributed by atoms with Gasteiger partial charge in [0.25, 0.3) is 0 Å². The van der Waals surface area contributed by atoms with Gasteiger partial charge in [-0.25, -0.2) is 9.69 Å². The van der Waals surface area contributed by atoms with Gasteiger partial charge in [0.15, 0.2) is 5.69 Å². The fraction of sp³-hybridized carbons (Fsp3) is 0.0164. The zero-order chi connectivity index (χ0) is 47.5. The Balaban J connectivity index is 1.18. The molecule has 0 aliphatic rings. The van der Waals surface area contributed by atoms with Gasteiger partial charge in [-0.3, -0.25) is 9.97 Å². The first-order valence-electron chi connectivity index (χ1n) is 22.5. The minimum absolute atomic E-state index is 0.101. The Morgan fingerprint density at radius 1 is 0.414 bits per heavy atom. The summed E-state index contributed by atoms with van der Waals surface area (Å²) in [4.78, 5) is 17.3. The molecule has 0 N–H and O–H groups in total. The second-order valence-electron chi connectivity index (χ2n) is 17.0. The molecule has 0 saturated carbocycles. The predicted octanol–water partition coefficient (Wildman–Crippen LogP) is 17.1. The average molecular weight is 909 g/mol. The maximum Gasteiger partial charge on any atom is 0.415 e. The summed E-state index contributed by atoms with van der Waals surface area (Å²) in [6.45, 7) is 17.4. The van der Waals surface area contributed by atoms with Crippen molar-refractivity contribution in [3.63, 3.8) is 0 Å². The van der Waals surface area contributed by atoms with Crippen molar-refractivity contribution in [2.24, 2.45) is 0 Å². The lowest BCUT2D eigenvalue weighted by Crippen LogP contribution is -2.09. The molecule has 0 radical (unpaired) electrons. The van der Waals surface area contributed by atoms with Gasteiger partial charge in [-0.05, 0) is 82.4 Å². The van der Waals surface area contributed by atoms with Crippen molar-refractivity contribution in [1.82, 2.24) is 19.1 Å². The molecule has 0 fully saturated rings. The second-order valence-corrected chi connectivity index (χ2v) is 17.0. The molecule has 9 heteroatoms. The van der Waals surface area contributed by atoms with Crippen molar-refractivity contribution in [3.05, 3.63) is 241 Å². The summed E-state index contributed by atoms with van der Waals surface area (Å²) in [5, 5.41) is 3.56. The van der Waals surface area contributed by atoms with Crippen LogP contribution >= 0.6 is 0 Å². The molecule has 0 amide bonds. The first kappa shape index (κ1) is 41.8. The molecule has 70 heavy (non-hydrogen) atoms. The molecule has 0 saturated heterocycles. The number of hydrogen-bond acceptors (Lipinski definition) is 2. The fourth-order valence-corrected chi connectivity index (χ4v) is 9.99. The quantitative estimate of drug-likeness (QED) is 0.150. The molecule has 6 nitrogen and oxygen atoms in total. The van der Waals surface area contributed by atoms with Crippen molar-refractivity contribution in [2.75, 3.05) is 0 Å². The zero-order valence-electron chi connectivity index (χ0n) is 37.0. The highest BCUT2D eigenvalue weighted by Crippen LogP contribution is 2.51. The highest BCUT2D eigenvalue weighted by Gasteiger charge is 2.36. The van der Waals surface area contributed by atoms with E-state index >= 15 is 13.2 Å². The van der Waals surface area contributed by atoms with Gasteiger partial charge in [0.1, 0.15) is 0 Å². The normalized spacial score (nSPS) is 11.6. The van der Waals surface area contributed by atoms with Crippen LogP contribution in [0.15, 0.2) is 213 Å². The van der Waals surface area contributed by atoms with E-state index in [1.807, 2.05) is 155 Å². The van der Waals surface area contributed by atoms with Crippen molar-refractivity contribution in [3.8, 4) is 67.3 Å². The molecule has 12 aromatic rings. The Kier molecular flexibility index (Phi) is 9.94. The Morgan fingerprint density at radius 3 is 1.46 bits per heavy atom. The zero-order valence-corrected chi connectivity index (χ0v) is 37.0. The van der Waals surface area contributed by atoms with Gasteiger partial charge in [0, 0.05) is 50.6 Å². The highest BCUT2D eigenvalue weighted by atomic mass is 19.4. The van der Waals surface area contributed by atoms with Crippen LogP contribution in [0, 0.1) is 13.1 Å². The van der Waals surface area contributed by atoms with E-state index in [-0.39, 0.29) is 28.2 Å². The number of aromatic nitrogens is 4. The number of nitrogens with zero attached hydrogens (tertiary/aromatic N) is 6. The second kappa shape index (κ2) is 16.6. The van der Waals surface area contributed by atoms with E-state index in [2.05, 4.69) is 43.9 Å². The van der Waals surface area contributed by atoms with Crippen molar-refractivity contribution < 1.29 is 13.2 Å². The Labute approximate surface area is 400 Å². The summed E-state index contributed by atoms with van der Waals surface area (Å²) >= 11 is 0. The van der Waals surface area contributed by atoms with Crippen LogP contribution in [-0.2, 0) is 6.18 Å². The molecule has 12 rings (SSSR count). The van der Waals surface area contributed by atoms with Gasteiger partial charge >= 0.3 is 6.18 Å². The first-order chi connectivity index (χ1) is 34.3. The third kappa shape index (κ3) is 6.87. The fourth-order valence-electron chi connectivity index (χ4n) is 9.99. The van der Waals surface area contributed by atoms with Gasteiger partial charge in [-0.1, -0.05) is 146 Å². The molecule has 0 aliphatic heterocycles. The third-order valence-corrected chi connectivity index (χ3v) is 13.1. The third-order valence-electron chi connectivity index (χ3n) is 13.1. The summed E-state index contributed by atoms with van der Waals surface area (Å²) in [5.74, 6) is 0. The van der Waals surface area contributed by atoms with E-state index in [1.54, 1.807) is 24.5 Å². The van der Waals surface area contributed by atoms with Crippen molar-refractivity contribution in [1.29, 1.82) is 0 Å². The molecule has 4 aromatic heterocycles. The van der Waals surface area contributed by atoms with E-state index in [1.165, 1.54) is 12.1 Å². The van der Waals surface area contributed by atoms with Crippen molar-refractivity contribution >= 4 is 55.0 Å². The van der Waals surface area contributed by atoms with E-state index in [0.717, 1.165) is 83.4 Å². The Morgan fingerprint density at radius 2 is 0.914 bits per heavy atom. The summed E-state index contributed by atoms with van der Waals surface area (Å²) in [5.41, 5.74) is 9.56. The molecule has 0 aliphatic carbocycles. The van der Waals surface area contributed by atoms with Gasteiger partial charge in [-0.15, -0.1) is 0 Å². The van der Waals surface area contributed by atoms with E-state index in [9.17, 15) is 0 Å². The van der Waals surface area contributed by atoms with E-state index < -0.39 is 11.7 Å². The summed E-state index contributed by atoms with van der Waals surface area (Å²) in [6, 6.07) is 62.9. The molecule has 330 valence electrons. The lowest BCUT2D eigenvalue weighted by atomic mass is 9.94. The number of alkyl halides is 3. The van der Waals surface area contributed by atoms with E-state index in [0.29, 0.717) is 16.7 Å². The predicted molar refractivity (Wildman–Crippen MR) is 275 cm³/mol. The minimum atomic E-state index is -4.83. The van der Waals surface area contributed by atoms with Crippen LogP contribution in [0.1, 0.15) is 5.56 Å². The summed E-state index contributed by atoms with van der Waals surface area (Å²) in [7, 11) is 0. The lowest BCUT2D eigenvalue weighted by molar-refractivity contribution is -0.137. The lowest BCUT2D eigenvalue weighted by Gasteiger charge is -2.23. The largest absolute Gasteiger partial charge is 0.415 e. The number of hydrogen-bond donors (Lipinski definition) is 0. The molecule has 4 heterocycles. The first-order valence-corrected chi connectivity index (χ1v) is 22.5. The molecule has 0 spiro atoms. The number of benzene rings is 8. The molecule has 0 bridgehead atoms. The molecule has 8 aromatic carbocycles. The minimum Gasteiger partial charge on any atom is -0.319 e. The van der Waals surface area contributed by atoms with Crippen LogP contribution in [0.3, 0.4) is 0 Å². The SMILES string of the molecule is [C-]#[N+]c1cccc(C(F)(F)F)c1-c1ccc(-n2c3ccccc3c3ccc(-c4ccnc(-c5ccccc5)c4)cc32)c([N+]#[C-])c1-n1c2ccccc2c2ccc(-c3ccnc(-c4ccccc4)c3)cc21. The molecular formula is C61H35F3N6. The number of rotatable bonds is 7. The van der Waals surface area contributed by atoms with Gasteiger partial charge in [-0.2, -0.15) is 13.2 Å².